The van der Waals surface area contributed by atoms with Gasteiger partial charge in [-0.1, -0.05) is 11.3 Å². The molecule has 2 rings (SSSR count). The fraction of sp³-hybridized carbons (Fsp3) is 0.500. The smallest absolute Gasteiger partial charge is 0.324 e. The maximum absolute atomic E-state index is 10.5. The van der Waals surface area contributed by atoms with Gasteiger partial charge in [0.05, 0.1) is 4.92 Å². The summed E-state index contributed by atoms with van der Waals surface area (Å²) >= 11 is 1.27. The molecule has 13 heavy (non-hydrogen) atoms. The summed E-state index contributed by atoms with van der Waals surface area (Å²) in [5, 5.41) is 10.7. The average molecular weight is 198 g/mol. The Labute approximate surface area is 79.5 Å². The fourth-order valence-electron chi connectivity index (χ4n) is 1.67. The van der Waals surface area contributed by atoms with Crippen molar-refractivity contribution in [1.29, 1.82) is 0 Å². The molecule has 0 fully saturated rings. The standard InChI is InChI=1S/C8H10N2O2S/c9-6-2-1-3-7-5(6)4-8(13-7)10(11)12/h4,6H,1-3,9H2. The fourth-order valence-corrected chi connectivity index (χ4v) is 2.75. The molecule has 1 aliphatic rings. The Morgan fingerprint density at radius 3 is 3.08 bits per heavy atom. The number of hydrogen-bond acceptors (Lipinski definition) is 4. The first kappa shape index (κ1) is 8.65. The van der Waals surface area contributed by atoms with Crippen LogP contribution in [0.3, 0.4) is 0 Å². The Hall–Kier alpha value is -0.940. The van der Waals surface area contributed by atoms with Crippen molar-refractivity contribution in [3.05, 3.63) is 26.6 Å². The summed E-state index contributed by atoms with van der Waals surface area (Å²) in [5.74, 6) is 0. The number of rotatable bonds is 1. The maximum Gasteiger partial charge on any atom is 0.324 e. The van der Waals surface area contributed by atoms with Gasteiger partial charge in [-0.05, 0) is 24.8 Å². The van der Waals surface area contributed by atoms with Crippen molar-refractivity contribution in [3.8, 4) is 0 Å². The first-order valence-electron chi connectivity index (χ1n) is 4.21. The molecule has 1 aromatic heterocycles. The van der Waals surface area contributed by atoms with E-state index in [1.165, 1.54) is 11.3 Å². The van der Waals surface area contributed by atoms with Crippen LogP contribution in [0.25, 0.3) is 0 Å². The van der Waals surface area contributed by atoms with Crippen molar-refractivity contribution < 1.29 is 4.92 Å². The van der Waals surface area contributed by atoms with Crippen molar-refractivity contribution in [1.82, 2.24) is 0 Å². The first-order chi connectivity index (χ1) is 6.18. The molecule has 0 bridgehead atoms. The van der Waals surface area contributed by atoms with E-state index in [2.05, 4.69) is 0 Å². The van der Waals surface area contributed by atoms with Crippen molar-refractivity contribution in [2.45, 2.75) is 25.3 Å². The Kier molecular flexibility index (Phi) is 2.05. The number of aryl methyl sites for hydroxylation is 1. The van der Waals surface area contributed by atoms with Gasteiger partial charge in [-0.25, -0.2) is 0 Å². The van der Waals surface area contributed by atoms with Gasteiger partial charge in [-0.3, -0.25) is 10.1 Å². The van der Waals surface area contributed by atoms with Crippen LogP contribution < -0.4 is 5.73 Å². The van der Waals surface area contributed by atoms with E-state index >= 15 is 0 Å². The summed E-state index contributed by atoms with van der Waals surface area (Å²) in [6.45, 7) is 0. The highest BCUT2D eigenvalue weighted by atomic mass is 32.1. The Balaban J connectivity index is 2.42. The lowest BCUT2D eigenvalue weighted by Gasteiger charge is -2.16. The lowest BCUT2D eigenvalue weighted by Crippen LogP contribution is -2.15. The molecule has 0 saturated heterocycles. The molecule has 1 unspecified atom stereocenters. The first-order valence-corrected chi connectivity index (χ1v) is 5.02. The molecule has 1 heterocycles. The van der Waals surface area contributed by atoms with Crippen LogP contribution in [0.2, 0.25) is 0 Å². The highest BCUT2D eigenvalue weighted by Crippen LogP contribution is 2.37. The monoisotopic (exact) mass is 198 g/mol. The summed E-state index contributed by atoms with van der Waals surface area (Å²) in [6.07, 6.45) is 2.94. The summed E-state index contributed by atoms with van der Waals surface area (Å²) in [7, 11) is 0. The Bertz CT molecular complexity index is 348. The molecule has 70 valence electrons. The van der Waals surface area contributed by atoms with Gasteiger partial charge < -0.3 is 5.73 Å². The molecular weight excluding hydrogens is 188 g/mol. The SMILES string of the molecule is NC1CCCc2sc([N+](=O)[O-])cc21. The quantitative estimate of drug-likeness (QED) is 0.554. The number of nitrogens with two attached hydrogens (primary N) is 1. The molecule has 1 atom stereocenters. The molecule has 0 saturated carbocycles. The van der Waals surface area contributed by atoms with Crippen molar-refractivity contribution in [3.63, 3.8) is 0 Å². The minimum absolute atomic E-state index is 0.00806. The van der Waals surface area contributed by atoms with Crippen LogP contribution in [0.15, 0.2) is 6.07 Å². The molecule has 4 nitrogen and oxygen atoms in total. The van der Waals surface area contributed by atoms with Crippen LogP contribution in [0.5, 0.6) is 0 Å². The van der Waals surface area contributed by atoms with Gasteiger partial charge in [0.15, 0.2) is 0 Å². The van der Waals surface area contributed by atoms with Gasteiger partial charge in [0, 0.05) is 17.0 Å². The largest absolute Gasteiger partial charge is 0.324 e. The zero-order chi connectivity index (χ0) is 9.42. The second-order valence-electron chi connectivity index (χ2n) is 3.22. The normalized spacial score (nSPS) is 21.2. The minimum atomic E-state index is -0.338. The molecule has 0 aliphatic heterocycles. The zero-order valence-electron chi connectivity index (χ0n) is 7.03. The van der Waals surface area contributed by atoms with Crippen LogP contribution in [-0.4, -0.2) is 4.92 Å². The van der Waals surface area contributed by atoms with Gasteiger partial charge >= 0.3 is 5.00 Å². The molecule has 5 heteroatoms. The van der Waals surface area contributed by atoms with Crippen molar-refractivity contribution >= 4 is 16.3 Å². The highest BCUT2D eigenvalue weighted by molar-refractivity contribution is 7.15. The van der Waals surface area contributed by atoms with Gasteiger partial charge in [0.2, 0.25) is 0 Å². The van der Waals surface area contributed by atoms with E-state index in [9.17, 15) is 10.1 Å². The Morgan fingerprint density at radius 1 is 1.69 bits per heavy atom. The third-order valence-corrected chi connectivity index (χ3v) is 3.49. The van der Waals surface area contributed by atoms with Crippen LogP contribution in [0, 0.1) is 10.1 Å². The molecular formula is C8H10N2O2S. The van der Waals surface area contributed by atoms with E-state index in [1.54, 1.807) is 6.07 Å². The van der Waals surface area contributed by atoms with E-state index < -0.39 is 0 Å². The van der Waals surface area contributed by atoms with E-state index in [0.717, 1.165) is 29.7 Å². The summed E-state index contributed by atoms with van der Waals surface area (Å²) in [5.41, 5.74) is 6.83. The second-order valence-corrected chi connectivity index (χ2v) is 4.33. The number of fused-ring (bicyclic) bond motifs is 1. The van der Waals surface area contributed by atoms with Crippen molar-refractivity contribution in [2.24, 2.45) is 5.73 Å². The topological polar surface area (TPSA) is 69.2 Å². The number of hydrogen-bond donors (Lipinski definition) is 1. The molecule has 1 aliphatic carbocycles. The van der Waals surface area contributed by atoms with E-state index in [4.69, 9.17) is 5.73 Å². The lowest BCUT2D eigenvalue weighted by atomic mass is 9.95. The number of thiophene rings is 1. The van der Waals surface area contributed by atoms with Gasteiger partial charge in [-0.2, -0.15) is 0 Å². The zero-order valence-corrected chi connectivity index (χ0v) is 7.84. The van der Waals surface area contributed by atoms with E-state index in [-0.39, 0.29) is 16.0 Å². The maximum atomic E-state index is 10.5. The third kappa shape index (κ3) is 1.45. The lowest BCUT2D eigenvalue weighted by molar-refractivity contribution is -0.380. The molecule has 0 amide bonds. The summed E-state index contributed by atoms with van der Waals surface area (Å²) in [6, 6.07) is 1.64. The van der Waals surface area contributed by atoms with Crippen LogP contribution in [0.4, 0.5) is 5.00 Å². The molecule has 0 spiro atoms. The van der Waals surface area contributed by atoms with Crippen LogP contribution in [0.1, 0.15) is 29.3 Å². The van der Waals surface area contributed by atoms with Crippen LogP contribution in [-0.2, 0) is 6.42 Å². The van der Waals surface area contributed by atoms with Crippen LogP contribution >= 0.6 is 11.3 Å². The van der Waals surface area contributed by atoms with E-state index in [1.807, 2.05) is 0 Å². The molecule has 0 aromatic carbocycles. The second kappa shape index (κ2) is 3.08. The summed E-state index contributed by atoms with van der Waals surface area (Å²) in [4.78, 5) is 11.3. The van der Waals surface area contributed by atoms with Gasteiger partial charge in [0.1, 0.15) is 0 Å². The molecule has 1 aromatic rings. The van der Waals surface area contributed by atoms with E-state index in [0.29, 0.717) is 0 Å². The Morgan fingerprint density at radius 2 is 2.46 bits per heavy atom. The highest BCUT2D eigenvalue weighted by Gasteiger charge is 2.23. The third-order valence-electron chi connectivity index (χ3n) is 2.33. The number of nitrogens with zero attached hydrogens (tertiary/aromatic N) is 1. The van der Waals surface area contributed by atoms with Gasteiger partial charge in [0.25, 0.3) is 0 Å². The average Bonchev–Trinajstić information content (AvgIpc) is 2.49. The molecule has 2 N–H and O–H groups in total. The predicted molar refractivity (Wildman–Crippen MR) is 50.8 cm³/mol. The number of nitro groups is 1. The van der Waals surface area contributed by atoms with Gasteiger partial charge in [-0.15, -0.1) is 0 Å². The molecule has 0 radical (unpaired) electrons. The van der Waals surface area contributed by atoms with Crippen molar-refractivity contribution in [2.75, 3.05) is 0 Å². The summed E-state index contributed by atoms with van der Waals surface area (Å²) < 4.78 is 0. The predicted octanol–water partition coefficient (Wildman–Crippen LogP) is 1.99. The minimum Gasteiger partial charge on any atom is -0.324 e.